The predicted octanol–water partition coefficient (Wildman–Crippen LogP) is 1.42. The van der Waals surface area contributed by atoms with Gasteiger partial charge in [-0.1, -0.05) is 12.5 Å². The number of rotatable bonds is 3. The van der Waals surface area contributed by atoms with E-state index in [2.05, 4.69) is 0 Å². The first-order valence-corrected chi connectivity index (χ1v) is 8.32. The summed E-state index contributed by atoms with van der Waals surface area (Å²) in [6.07, 6.45) is 2.48. The highest BCUT2D eigenvalue weighted by atomic mass is 32.2. The third kappa shape index (κ3) is 2.55. The van der Waals surface area contributed by atoms with E-state index < -0.39 is 10.0 Å². The molecule has 1 fully saturated rings. The van der Waals surface area contributed by atoms with E-state index in [1.54, 1.807) is 26.0 Å². The number of hydrogen-bond acceptors (Lipinski definition) is 4. The van der Waals surface area contributed by atoms with Gasteiger partial charge in [0.05, 0.1) is 11.5 Å². The molecule has 1 unspecified atom stereocenters. The molecule has 0 amide bonds. The van der Waals surface area contributed by atoms with Gasteiger partial charge in [0.1, 0.15) is 0 Å². The largest absolute Gasteiger partial charge is 0.398 e. The summed E-state index contributed by atoms with van der Waals surface area (Å²) in [5.74, 6) is 0. The number of aliphatic hydroxyl groups is 1. The van der Waals surface area contributed by atoms with Crippen LogP contribution in [0.2, 0.25) is 0 Å². The van der Waals surface area contributed by atoms with Gasteiger partial charge in [0.25, 0.3) is 0 Å². The topological polar surface area (TPSA) is 83.6 Å². The molecule has 0 saturated carbocycles. The fourth-order valence-corrected chi connectivity index (χ4v) is 4.98. The van der Waals surface area contributed by atoms with Crippen LogP contribution in [0.1, 0.15) is 30.4 Å². The summed E-state index contributed by atoms with van der Waals surface area (Å²) in [4.78, 5) is 0.290. The van der Waals surface area contributed by atoms with Crippen LogP contribution >= 0.6 is 0 Å². The van der Waals surface area contributed by atoms with Crippen LogP contribution in [-0.4, -0.2) is 37.0 Å². The highest BCUT2D eigenvalue weighted by Crippen LogP contribution is 2.31. The summed E-state index contributed by atoms with van der Waals surface area (Å²) < 4.78 is 27.3. The number of benzene rings is 1. The average molecular weight is 298 g/mol. The Morgan fingerprint density at radius 2 is 2.05 bits per heavy atom. The van der Waals surface area contributed by atoms with Crippen LogP contribution in [0.5, 0.6) is 0 Å². The monoisotopic (exact) mass is 298 g/mol. The molecule has 0 radical (unpaired) electrons. The number of nitrogens with two attached hydrogens (primary N) is 1. The standard InChI is InChI=1S/C14H22N2O3S/c1-10-6-7-13(15)11(2)14(10)20(18,19)16-8-4-3-5-12(16)9-17/h6-7,12,17H,3-5,8-9,15H2,1-2H3. The second kappa shape index (κ2) is 5.71. The Kier molecular flexibility index (Phi) is 4.36. The van der Waals surface area contributed by atoms with E-state index in [4.69, 9.17) is 5.73 Å². The fraction of sp³-hybridized carbons (Fsp3) is 0.571. The number of aliphatic hydroxyl groups excluding tert-OH is 1. The van der Waals surface area contributed by atoms with Crippen molar-refractivity contribution in [3.63, 3.8) is 0 Å². The fourth-order valence-electron chi connectivity index (χ4n) is 2.83. The van der Waals surface area contributed by atoms with Gasteiger partial charge < -0.3 is 10.8 Å². The van der Waals surface area contributed by atoms with Crippen molar-refractivity contribution in [2.75, 3.05) is 18.9 Å². The first-order chi connectivity index (χ1) is 9.39. The van der Waals surface area contributed by atoms with Gasteiger partial charge in [0.2, 0.25) is 10.0 Å². The maximum Gasteiger partial charge on any atom is 0.244 e. The lowest BCUT2D eigenvalue weighted by Gasteiger charge is -2.34. The zero-order valence-corrected chi connectivity index (χ0v) is 12.8. The maximum absolute atomic E-state index is 12.9. The van der Waals surface area contributed by atoms with E-state index in [9.17, 15) is 13.5 Å². The molecular formula is C14H22N2O3S. The van der Waals surface area contributed by atoms with Crippen molar-refractivity contribution in [2.24, 2.45) is 0 Å². The van der Waals surface area contributed by atoms with E-state index in [1.807, 2.05) is 0 Å². The number of nitrogen functional groups attached to an aromatic ring is 1. The smallest absolute Gasteiger partial charge is 0.244 e. The molecule has 2 rings (SSSR count). The Labute approximate surface area is 120 Å². The number of nitrogens with zero attached hydrogens (tertiary/aromatic N) is 1. The number of aryl methyl sites for hydroxylation is 1. The van der Waals surface area contributed by atoms with Crippen molar-refractivity contribution in [1.29, 1.82) is 0 Å². The van der Waals surface area contributed by atoms with E-state index in [0.717, 1.165) is 12.8 Å². The molecule has 0 bridgehead atoms. The molecule has 1 aliphatic rings. The van der Waals surface area contributed by atoms with Gasteiger partial charge in [0, 0.05) is 18.3 Å². The van der Waals surface area contributed by atoms with Gasteiger partial charge >= 0.3 is 0 Å². The molecule has 20 heavy (non-hydrogen) atoms. The van der Waals surface area contributed by atoms with Crippen LogP contribution in [0.4, 0.5) is 5.69 Å². The minimum Gasteiger partial charge on any atom is -0.398 e. The Hall–Kier alpha value is -1.11. The lowest BCUT2D eigenvalue weighted by molar-refractivity contribution is 0.155. The van der Waals surface area contributed by atoms with Crippen LogP contribution in [0.25, 0.3) is 0 Å². The van der Waals surface area contributed by atoms with Crippen molar-refractivity contribution >= 4 is 15.7 Å². The second-order valence-electron chi connectivity index (χ2n) is 5.37. The first kappa shape index (κ1) is 15.3. The molecule has 1 aliphatic heterocycles. The van der Waals surface area contributed by atoms with Crippen molar-refractivity contribution < 1.29 is 13.5 Å². The summed E-state index contributed by atoms with van der Waals surface area (Å²) in [5.41, 5.74) is 7.61. The lowest BCUT2D eigenvalue weighted by Crippen LogP contribution is -2.45. The highest BCUT2D eigenvalue weighted by Gasteiger charge is 2.35. The molecule has 112 valence electrons. The van der Waals surface area contributed by atoms with Crippen LogP contribution in [-0.2, 0) is 10.0 Å². The predicted molar refractivity (Wildman–Crippen MR) is 78.9 cm³/mol. The van der Waals surface area contributed by atoms with Crippen molar-refractivity contribution in [2.45, 2.75) is 44.0 Å². The van der Waals surface area contributed by atoms with Gasteiger partial charge in [-0.05, 0) is 43.9 Å². The van der Waals surface area contributed by atoms with Crippen molar-refractivity contribution in [1.82, 2.24) is 4.31 Å². The zero-order chi connectivity index (χ0) is 14.9. The number of sulfonamides is 1. The minimum absolute atomic E-state index is 0.139. The molecule has 0 spiro atoms. The summed E-state index contributed by atoms with van der Waals surface area (Å²) >= 11 is 0. The quantitative estimate of drug-likeness (QED) is 0.827. The van der Waals surface area contributed by atoms with Gasteiger partial charge in [-0.3, -0.25) is 0 Å². The lowest BCUT2D eigenvalue weighted by atomic mass is 10.1. The second-order valence-corrected chi connectivity index (χ2v) is 7.20. The van der Waals surface area contributed by atoms with Crippen LogP contribution in [0.3, 0.4) is 0 Å². The van der Waals surface area contributed by atoms with E-state index in [0.29, 0.717) is 29.8 Å². The number of piperidine rings is 1. The summed E-state index contributed by atoms with van der Waals surface area (Å²) in [7, 11) is -3.61. The molecule has 0 aromatic heterocycles. The number of anilines is 1. The molecule has 0 aliphatic carbocycles. The third-order valence-corrected chi connectivity index (χ3v) is 6.24. The van der Waals surface area contributed by atoms with Gasteiger partial charge in [-0.2, -0.15) is 4.31 Å². The Morgan fingerprint density at radius 1 is 1.35 bits per heavy atom. The average Bonchev–Trinajstić information content (AvgIpc) is 2.43. The molecule has 6 heteroatoms. The molecule has 1 heterocycles. The molecule has 1 saturated heterocycles. The summed E-state index contributed by atoms with van der Waals surface area (Å²) in [5, 5.41) is 9.43. The zero-order valence-electron chi connectivity index (χ0n) is 12.0. The summed E-state index contributed by atoms with van der Waals surface area (Å²) in [6.45, 7) is 3.82. The van der Waals surface area contributed by atoms with E-state index in [-0.39, 0.29) is 17.5 Å². The minimum atomic E-state index is -3.61. The first-order valence-electron chi connectivity index (χ1n) is 6.88. The molecule has 1 atom stereocenters. The molecule has 5 nitrogen and oxygen atoms in total. The van der Waals surface area contributed by atoms with E-state index in [1.165, 1.54) is 4.31 Å². The molecular weight excluding hydrogens is 276 g/mol. The molecule has 1 aromatic rings. The Bertz CT molecular complexity index is 599. The van der Waals surface area contributed by atoms with E-state index >= 15 is 0 Å². The molecule has 1 aromatic carbocycles. The van der Waals surface area contributed by atoms with Crippen LogP contribution in [0, 0.1) is 13.8 Å². The SMILES string of the molecule is Cc1ccc(N)c(C)c1S(=O)(=O)N1CCCCC1CO. The van der Waals surface area contributed by atoms with Crippen molar-refractivity contribution in [3.8, 4) is 0 Å². The Balaban J connectivity index is 2.52. The van der Waals surface area contributed by atoms with Crippen LogP contribution < -0.4 is 5.73 Å². The summed E-state index contributed by atoms with van der Waals surface area (Å²) in [6, 6.07) is 3.13. The third-order valence-electron chi connectivity index (χ3n) is 4.00. The van der Waals surface area contributed by atoms with Gasteiger partial charge in [0.15, 0.2) is 0 Å². The van der Waals surface area contributed by atoms with Crippen LogP contribution in [0.15, 0.2) is 17.0 Å². The van der Waals surface area contributed by atoms with Crippen molar-refractivity contribution in [3.05, 3.63) is 23.3 Å². The normalized spacial score (nSPS) is 21.1. The highest BCUT2D eigenvalue weighted by molar-refractivity contribution is 7.89. The maximum atomic E-state index is 12.9. The van der Waals surface area contributed by atoms with Gasteiger partial charge in [-0.25, -0.2) is 8.42 Å². The van der Waals surface area contributed by atoms with Gasteiger partial charge in [-0.15, -0.1) is 0 Å². The molecule has 3 N–H and O–H groups in total. The Morgan fingerprint density at radius 3 is 2.70 bits per heavy atom. The number of hydrogen-bond donors (Lipinski definition) is 2.